The van der Waals surface area contributed by atoms with Gasteiger partial charge in [-0.2, -0.15) is 0 Å². The second kappa shape index (κ2) is 10.9. The van der Waals surface area contributed by atoms with E-state index in [-0.39, 0.29) is 5.92 Å². The van der Waals surface area contributed by atoms with Crippen molar-refractivity contribution >= 4 is 29.6 Å². The molecular formula is C18H31N5O7. The van der Waals surface area contributed by atoms with Crippen molar-refractivity contribution in [2.24, 2.45) is 17.4 Å². The molecule has 0 aromatic heterocycles. The third kappa shape index (κ3) is 6.66. The van der Waals surface area contributed by atoms with Crippen LogP contribution in [0.2, 0.25) is 0 Å². The largest absolute Gasteiger partial charge is 0.480 e. The predicted octanol–water partition coefficient (Wildman–Crippen LogP) is -2.73. The molecule has 0 saturated carbocycles. The summed E-state index contributed by atoms with van der Waals surface area (Å²) >= 11 is 0. The number of carbonyl (C=O) groups excluding carboxylic acids is 4. The van der Waals surface area contributed by atoms with Crippen LogP contribution in [0.1, 0.15) is 40.0 Å². The van der Waals surface area contributed by atoms with Crippen molar-refractivity contribution in [2.75, 3.05) is 6.54 Å². The van der Waals surface area contributed by atoms with Gasteiger partial charge in [0.1, 0.15) is 12.1 Å². The lowest BCUT2D eigenvalue weighted by Gasteiger charge is -2.29. The number of aliphatic hydroxyl groups excluding tert-OH is 1. The van der Waals surface area contributed by atoms with Gasteiger partial charge in [-0.05, 0) is 25.7 Å². The monoisotopic (exact) mass is 429 g/mol. The van der Waals surface area contributed by atoms with Crippen LogP contribution in [-0.2, 0) is 24.0 Å². The van der Waals surface area contributed by atoms with Crippen LogP contribution in [0.4, 0.5) is 0 Å². The number of nitrogens with one attached hydrogen (secondary N) is 2. The van der Waals surface area contributed by atoms with Crippen LogP contribution >= 0.6 is 0 Å². The first-order chi connectivity index (χ1) is 13.9. The number of nitrogens with two attached hydrogens (primary N) is 2. The first-order valence-electron chi connectivity index (χ1n) is 9.72. The fraction of sp³-hybridized carbons (Fsp3) is 0.722. The van der Waals surface area contributed by atoms with Gasteiger partial charge in [0.25, 0.3) is 0 Å². The van der Waals surface area contributed by atoms with Crippen LogP contribution in [0.3, 0.4) is 0 Å². The van der Waals surface area contributed by atoms with E-state index in [1.807, 2.05) is 0 Å². The van der Waals surface area contributed by atoms with Gasteiger partial charge in [-0.25, -0.2) is 4.79 Å². The first-order valence-corrected chi connectivity index (χ1v) is 9.72. The maximum atomic E-state index is 12.8. The van der Waals surface area contributed by atoms with Gasteiger partial charge < -0.3 is 37.2 Å². The molecule has 0 aromatic carbocycles. The summed E-state index contributed by atoms with van der Waals surface area (Å²) < 4.78 is 0. The third-order valence-electron chi connectivity index (χ3n) is 4.93. The normalized spacial score (nSPS) is 20.2. The number of aliphatic carboxylic acids is 1. The maximum absolute atomic E-state index is 12.8. The average molecular weight is 429 g/mol. The summed E-state index contributed by atoms with van der Waals surface area (Å²) in [7, 11) is 0. The van der Waals surface area contributed by atoms with E-state index in [1.54, 1.807) is 13.8 Å². The van der Waals surface area contributed by atoms with Crippen molar-refractivity contribution in [2.45, 2.75) is 70.3 Å². The fourth-order valence-electron chi connectivity index (χ4n) is 3.10. The van der Waals surface area contributed by atoms with Crippen molar-refractivity contribution in [3.05, 3.63) is 0 Å². The number of carboxylic acids is 1. The van der Waals surface area contributed by atoms with E-state index in [0.717, 1.165) is 0 Å². The molecule has 5 atom stereocenters. The summed E-state index contributed by atoms with van der Waals surface area (Å²) in [5.74, 6) is -4.59. The minimum absolute atomic E-state index is 0.136. The van der Waals surface area contributed by atoms with E-state index in [0.29, 0.717) is 19.4 Å². The standard InChI is InChI=1S/C18H31N5O7/c1-8(2)13(20)17(28)23-6-4-5-11(23)16(27)21-10(7-12(19)25)15(26)22-14(9(3)24)18(29)30/h8-11,13-14,24H,4-7,20H2,1-3H3,(H2,19,25)(H,21,27)(H,22,26)(H,29,30)/t9-,10+,11+,13+,14+/m1/s1. The molecule has 12 heteroatoms. The smallest absolute Gasteiger partial charge is 0.328 e. The van der Waals surface area contributed by atoms with Crippen LogP contribution in [-0.4, -0.2) is 81.5 Å². The van der Waals surface area contributed by atoms with Crippen molar-refractivity contribution in [3.63, 3.8) is 0 Å². The summed E-state index contributed by atoms with van der Waals surface area (Å²) in [6.45, 7) is 5.05. The molecule has 0 aliphatic carbocycles. The third-order valence-corrected chi connectivity index (χ3v) is 4.93. The summed E-state index contributed by atoms with van der Waals surface area (Å²) in [4.78, 5) is 61.7. The lowest BCUT2D eigenvalue weighted by molar-refractivity contribution is -0.145. The molecule has 1 saturated heterocycles. The zero-order valence-electron chi connectivity index (χ0n) is 17.3. The molecule has 0 radical (unpaired) electrons. The van der Waals surface area contributed by atoms with Crippen molar-refractivity contribution in [3.8, 4) is 0 Å². The van der Waals surface area contributed by atoms with E-state index in [9.17, 15) is 29.1 Å². The van der Waals surface area contributed by atoms with Crippen LogP contribution in [0.25, 0.3) is 0 Å². The Morgan fingerprint density at radius 2 is 1.73 bits per heavy atom. The van der Waals surface area contributed by atoms with E-state index < -0.39 is 66.3 Å². The predicted molar refractivity (Wildman–Crippen MR) is 105 cm³/mol. The first kappa shape index (κ1) is 25.3. The number of hydrogen-bond acceptors (Lipinski definition) is 7. The molecule has 0 bridgehead atoms. The molecular weight excluding hydrogens is 398 g/mol. The minimum atomic E-state index is -1.64. The van der Waals surface area contributed by atoms with Crippen molar-refractivity contribution in [1.29, 1.82) is 0 Å². The number of amides is 4. The molecule has 30 heavy (non-hydrogen) atoms. The molecule has 1 heterocycles. The number of likely N-dealkylation sites (tertiary alicyclic amines) is 1. The van der Waals surface area contributed by atoms with Crippen LogP contribution in [0.15, 0.2) is 0 Å². The Labute approximate surface area is 174 Å². The lowest BCUT2D eigenvalue weighted by atomic mass is 10.0. The highest BCUT2D eigenvalue weighted by molar-refractivity contribution is 5.96. The highest BCUT2D eigenvalue weighted by atomic mass is 16.4. The molecule has 0 unspecified atom stereocenters. The van der Waals surface area contributed by atoms with Gasteiger partial charge in [0.2, 0.25) is 23.6 Å². The highest BCUT2D eigenvalue weighted by Gasteiger charge is 2.39. The van der Waals surface area contributed by atoms with Crippen molar-refractivity contribution in [1.82, 2.24) is 15.5 Å². The van der Waals surface area contributed by atoms with Crippen LogP contribution < -0.4 is 22.1 Å². The Balaban J connectivity index is 2.94. The number of carboxylic acid groups (broad SMARTS) is 1. The fourth-order valence-corrected chi connectivity index (χ4v) is 3.10. The van der Waals surface area contributed by atoms with Gasteiger partial charge in [0, 0.05) is 6.54 Å². The zero-order valence-corrected chi connectivity index (χ0v) is 17.3. The number of carbonyl (C=O) groups is 5. The molecule has 0 aromatic rings. The van der Waals surface area contributed by atoms with Crippen molar-refractivity contribution < 1.29 is 34.2 Å². The highest BCUT2D eigenvalue weighted by Crippen LogP contribution is 2.20. The summed E-state index contributed by atoms with van der Waals surface area (Å²) in [5.41, 5.74) is 11.0. The molecule has 4 amide bonds. The zero-order chi connectivity index (χ0) is 23.2. The van der Waals surface area contributed by atoms with Gasteiger partial charge in [-0.1, -0.05) is 13.8 Å². The molecule has 170 valence electrons. The molecule has 8 N–H and O–H groups in total. The number of rotatable bonds is 10. The van der Waals surface area contributed by atoms with Gasteiger partial charge in [-0.15, -0.1) is 0 Å². The van der Waals surface area contributed by atoms with Gasteiger partial charge >= 0.3 is 5.97 Å². The summed E-state index contributed by atoms with van der Waals surface area (Å²) in [6.07, 6.45) is -1.10. The Kier molecular flexibility index (Phi) is 9.18. The van der Waals surface area contributed by atoms with Gasteiger partial charge in [0.05, 0.1) is 18.6 Å². The molecule has 0 spiro atoms. The molecule has 12 nitrogen and oxygen atoms in total. The number of hydrogen-bond donors (Lipinski definition) is 6. The second-order valence-electron chi connectivity index (χ2n) is 7.76. The molecule has 1 aliphatic heterocycles. The Morgan fingerprint density at radius 1 is 1.13 bits per heavy atom. The maximum Gasteiger partial charge on any atom is 0.328 e. The van der Waals surface area contributed by atoms with E-state index >= 15 is 0 Å². The van der Waals surface area contributed by atoms with E-state index in [4.69, 9.17) is 16.6 Å². The summed E-state index contributed by atoms with van der Waals surface area (Å²) in [6, 6.07) is -4.77. The summed E-state index contributed by atoms with van der Waals surface area (Å²) in [5, 5.41) is 23.0. The quantitative estimate of drug-likeness (QED) is 0.214. The number of nitrogens with zero attached hydrogens (tertiary/aromatic N) is 1. The number of aliphatic hydroxyl groups is 1. The van der Waals surface area contributed by atoms with Gasteiger partial charge in [0.15, 0.2) is 6.04 Å². The topological polar surface area (TPSA) is 205 Å². The molecule has 1 rings (SSSR count). The minimum Gasteiger partial charge on any atom is -0.480 e. The molecule has 1 aliphatic rings. The molecule has 1 fully saturated rings. The average Bonchev–Trinajstić information content (AvgIpc) is 3.12. The van der Waals surface area contributed by atoms with Gasteiger partial charge in [-0.3, -0.25) is 19.2 Å². The van der Waals surface area contributed by atoms with Crippen LogP contribution in [0.5, 0.6) is 0 Å². The Hall–Kier alpha value is -2.73. The second-order valence-corrected chi connectivity index (χ2v) is 7.76. The van der Waals surface area contributed by atoms with Crippen LogP contribution in [0, 0.1) is 5.92 Å². The van der Waals surface area contributed by atoms with E-state index in [1.165, 1.54) is 11.8 Å². The Bertz CT molecular complexity index is 682. The lowest BCUT2D eigenvalue weighted by Crippen LogP contribution is -2.58. The number of primary amides is 1. The Morgan fingerprint density at radius 3 is 2.20 bits per heavy atom. The SMILES string of the molecule is CC(C)[C@H](N)C(=O)N1CCC[C@H]1C(=O)N[C@@H](CC(N)=O)C(=O)N[C@H](C(=O)O)[C@@H](C)O. The van der Waals surface area contributed by atoms with E-state index in [2.05, 4.69) is 10.6 Å².